The molecule has 168 valence electrons. The molecule has 0 atom stereocenters. The molecule has 0 saturated carbocycles. The summed E-state index contributed by atoms with van der Waals surface area (Å²) < 4.78 is 50.1. The van der Waals surface area contributed by atoms with Crippen LogP contribution in [0.25, 0.3) is 22.3 Å². The number of alkyl halides is 3. The number of nitrogens with two attached hydrogens (primary N) is 1. The molecule has 3 rings (SSSR count). The molecule has 0 spiro atoms. The Hall–Kier alpha value is -3.82. The summed E-state index contributed by atoms with van der Waals surface area (Å²) in [6, 6.07) is 8.45. The SMILES string of the molecule is COc1cc(-n2cnc3cc(/C(C=N)=C/N)ccc32)cc(OC)c1C(=O)CCC(F)(F)F. The second-order valence-corrected chi connectivity index (χ2v) is 6.85. The van der Waals surface area contributed by atoms with Gasteiger partial charge in [-0.2, -0.15) is 13.2 Å². The van der Waals surface area contributed by atoms with E-state index in [9.17, 15) is 18.0 Å². The molecule has 0 saturated heterocycles. The van der Waals surface area contributed by atoms with Crippen LogP contribution in [0.3, 0.4) is 0 Å². The summed E-state index contributed by atoms with van der Waals surface area (Å²) in [5.74, 6) is -0.528. The van der Waals surface area contributed by atoms with Crippen molar-refractivity contribution in [2.24, 2.45) is 5.73 Å². The molecule has 0 aliphatic rings. The molecular weight excluding hydrogens is 425 g/mol. The lowest BCUT2D eigenvalue weighted by Crippen LogP contribution is -2.13. The molecule has 0 amide bonds. The first-order chi connectivity index (χ1) is 15.2. The molecule has 0 aliphatic carbocycles. The fourth-order valence-electron chi connectivity index (χ4n) is 3.32. The van der Waals surface area contributed by atoms with Crippen molar-refractivity contribution in [1.29, 1.82) is 5.41 Å². The van der Waals surface area contributed by atoms with E-state index in [0.29, 0.717) is 16.8 Å². The minimum absolute atomic E-state index is 0.0431. The van der Waals surface area contributed by atoms with Gasteiger partial charge in [-0.1, -0.05) is 6.07 Å². The topological polar surface area (TPSA) is 103 Å². The quantitative estimate of drug-likeness (QED) is 0.391. The maximum atomic E-state index is 12.6. The van der Waals surface area contributed by atoms with Gasteiger partial charge in [-0.05, 0) is 17.7 Å². The molecule has 0 fully saturated rings. The molecule has 1 aromatic heterocycles. The number of ketones is 1. The zero-order chi connectivity index (χ0) is 23.5. The predicted molar refractivity (Wildman–Crippen MR) is 115 cm³/mol. The number of rotatable bonds is 8. The number of benzene rings is 2. The molecular formula is C22H21F3N4O3. The molecule has 0 aliphatic heterocycles. The first-order valence-corrected chi connectivity index (χ1v) is 9.48. The number of aromatic nitrogens is 2. The van der Waals surface area contributed by atoms with Crippen molar-refractivity contribution in [3.63, 3.8) is 0 Å². The Morgan fingerprint density at radius 2 is 1.84 bits per heavy atom. The minimum Gasteiger partial charge on any atom is -0.496 e. The van der Waals surface area contributed by atoms with E-state index >= 15 is 0 Å². The number of allylic oxidation sites excluding steroid dienone is 1. The number of carbonyl (C=O) groups excluding carboxylic acids is 1. The third-order valence-electron chi connectivity index (χ3n) is 4.90. The van der Waals surface area contributed by atoms with Gasteiger partial charge in [-0.3, -0.25) is 9.36 Å². The maximum Gasteiger partial charge on any atom is 0.389 e. The maximum absolute atomic E-state index is 12.6. The monoisotopic (exact) mass is 446 g/mol. The van der Waals surface area contributed by atoms with Gasteiger partial charge < -0.3 is 20.6 Å². The fraction of sp³-hybridized carbons (Fsp3) is 0.227. The first kappa shape index (κ1) is 22.9. The van der Waals surface area contributed by atoms with Gasteiger partial charge in [0.15, 0.2) is 5.78 Å². The van der Waals surface area contributed by atoms with Crippen molar-refractivity contribution < 1.29 is 27.4 Å². The zero-order valence-electron chi connectivity index (χ0n) is 17.4. The molecule has 7 nitrogen and oxygen atoms in total. The summed E-state index contributed by atoms with van der Waals surface area (Å²) >= 11 is 0. The lowest BCUT2D eigenvalue weighted by molar-refractivity contribution is -0.133. The van der Waals surface area contributed by atoms with Crippen LogP contribution in [0.4, 0.5) is 13.2 Å². The standard InChI is InChI=1S/C22H21F3N4O3/c1-31-19-8-15(9-20(32-2)21(19)18(30)5-6-22(23,24)25)29-12-28-16-7-13(3-4-17(16)29)14(10-26)11-27/h3-4,7-12,26H,5-6,27H2,1-2H3/b14-11+,26-10?. The van der Waals surface area contributed by atoms with Crippen molar-refractivity contribution in [2.45, 2.75) is 19.0 Å². The lowest BCUT2D eigenvalue weighted by atomic mass is 10.0. The molecule has 3 N–H and O–H groups in total. The van der Waals surface area contributed by atoms with Crippen LogP contribution < -0.4 is 15.2 Å². The van der Waals surface area contributed by atoms with E-state index in [1.807, 2.05) is 0 Å². The fourth-order valence-corrected chi connectivity index (χ4v) is 3.32. The number of ether oxygens (including phenoxy) is 2. The molecule has 2 aromatic carbocycles. The zero-order valence-corrected chi connectivity index (χ0v) is 17.4. The highest BCUT2D eigenvalue weighted by Gasteiger charge is 2.30. The van der Waals surface area contributed by atoms with Gasteiger partial charge >= 0.3 is 6.18 Å². The second-order valence-electron chi connectivity index (χ2n) is 6.85. The van der Waals surface area contributed by atoms with Crippen LogP contribution in [-0.4, -0.2) is 41.9 Å². The summed E-state index contributed by atoms with van der Waals surface area (Å²) in [6.07, 6.45) is -2.36. The van der Waals surface area contributed by atoms with Crippen LogP contribution in [0.15, 0.2) is 42.9 Å². The van der Waals surface area contributed by atoms with Crippen LogP contribution in [0.2, 0.25) is 0 Å². The number of Topliss-reactive ketones (excluding diaryl/α,β-unsaturated/α-hetero) is 1. The van der Waals surface area contributed by atoms with Crippen molar-refractivity contribution in [1.82, 2.24) is 9.55 Å². The molecule has 32 heavy (non-hydrogen) atoms. The van der Waals surface area contributed by atoms with Crippen LogP contribution in [-0.2, 0) is 0 Å². The van der Waals surface area contributed by atoms with Gasteiger partial charge in [0, 0.05) is 36.5 Å². The number of fused-ring (bicyclic) bond motifs is 1. The Balaban J connectivity index is 2.06. The third kappa shape index (κ3) is 4.58. The van der Waals surface area contributed by atoms with Gasteiger partial charge in [0.2, 0.25) is 0 Å². The van der Waals surface area contributed by atoms with Crippen LogP contribution in [0.5, 0.6) is 11.5 Å². The average Bonchev–Trinajstić information content (AvgIpc) is 3.20. The highest BCUT2D eigenvalue weighted by molar-refractivity contribution is 6.09. The Labute approximate surface area is 181 Å². The van der Waals surface area contributed by atoms with Gasteiger partial charge in [0.25, 0.3) is 0 Å². The highest BCUT2D eigenvalue weighted by Crippen LogP contribution is 2.35. The Kier molecular flexibility index (Phi) is 6.52. The summed E-state index contributed by atoms with van der Waals surface area (Å²) in [4.78, 5) is 16.9. The van der Waals surface area contributed by atoms with E-state index in [1.165, 1.54) is 20.4 Å². The highest BCUT2D eigenvalue weighted by atomic mass is 19.4. The van der Waals surface area contributed by atoms with Gasteiger partial charge in [0.1, 0.15) is 23.4 Å². The van der Waals surface area contributed by atoms with Crippen LogP contribution in [0, 0.1) is 5.41 Å². The van der Waals surface area contributed by atoms with E-state index in [4.69, 9.17) is 20.6 Å². The second kappa shape index (κ2) is 9.13. The van der Waals surface area contributed by atoms with E-state index < -0.39 is 24.8 Å². The summed E-state index contributed by atoms with van der Waals surface area (Å²) in [5.41, 5.74) is 8.65. The van der Waals surface area contributed by atoms with Gasteiger partial charge in [-0.25, -0.2) is 4.98 Å². The van der Waals surface area contributed by atoms with Gasteiger partial charge in [0.05, 0.1) is 37.4 Å². The number of carbonyl (C=O) groups is 1. The average molecular weight is 446 g/mol. The van der Waals surface area contributed by atoms with Crippen LogP contribution in [0.1, 0.15) is 28.8 Å². The predicted octanol–water partition coefficient (Wildman–Crippen LogP) is 4.52. The van der Waals surface area contributed by atoms with Crippen molar-refractivity contribution in [3.05, 3.63) is 54.0 Å². The smallest absolute Gasteiger partial charge is 0.389 e. The lowest BCUT2D eigenvalue weighted by Gasteiger charge is -2.16. The summed E-state index contributed by atoms with van der Waals surface area (Å²) in [7, 11) is 2.66. The number of hydrogen-bond acceptors (Lipinski definition) is 6. The first-order valence-electron chi connectivity index (χ1n) is 9.48. The normalized spacial score (nSPS) is 12.1. The molecule has 0 radical (unpaired) electrons. The van der Waals surface area contributed by atoms with E-state index in [2.05, 4.69) is 4.98 Å². The number of nitrogens with one attached hydrogen (secondary N) is 1. The minimum atomic E-state index is -4.44. The number of halogens is 3. The molecule has 1 heterocycles. The Morgan fingerprint density at radius 1 is 1.19 bits per heavy atom. The van der Waals surface area contributed by atoms with Crippen LogP contribution >= 0.6 is 0 Å². The molecule has 0 unspecified atom stereocenters. The summed E-state index contributed by atoms with van der Waals surface area (Å²) in [6.45, 7) is 0. The Morgan fingerprint density at radius 3 is 2.38 bits per heavy atom. The molecule has 10 heteroatoms. The Bertz CT molecular complexity index is 1170. The van der Waals surface area contributed by atoms with E-state index in [1.54, 1.807) is 41.2 Å². The van der Waals surface area contributed by atoms with Gasteiger partial charge in [-0.15, -0.1) is 0 Å². The third-order valence-corrected chi connectivity index (χ3v) is 4.90. The number of imidazole rings is 1. The molecule has 3 aromatic rings. The largest absolute Gasteiger partial charge is 0.496 e. The molecule has 0 bridgehead atoms. The number of methoxy groups -OCH3 is 2. The van der Waals surface area contributed by atoms with Crippen molar-refractivity contribution in [2.75, 3.05) is 14.2 Å². The van der Waals surface area contributed by atoms with E-state index in [0.717, 1.165) is 17.3 Å². The van der Waals surface area contributed by atoms with Crippen molar-refractivity contribution >= 4 is 28.6 Å². The number of nitrogens with zero attached hydrogens (tertiary/aromatic N) is 2. The van der Waals surface area contributed by atoms with E-state index in [-0.39, 0.29) is 17.1 Å². The van der Waals surface area contributed by atoms with Crippen molar-refractivity contribution in [3.8, 4) is 17.2 Å². The number of hydrogen-bond donors (Lipinski definition) is 2. The summed E-state index contributed by atoms with van der Waals surface area (Å²) in [5, 5.41) is 7.44.